The molecule has 2 nitrogen and oxygen atoms in total. The van der Waals surface area contributed by atoms with E-state index in [4.69, 9.17) is 4.74 Å². The van der Waals surface area contributed by atoms with Gasteiger partial charge in [-0.25, -0.2) is 0 Å². The first-order chi connectivity index (χ1) is 7.84. The number of hydrogen-bond acceptors (Lipinski definition) is 2. The Bertz CT molecular complexity index is 274. The summed E-state index contributed by atoms with van der Waals surface area (Å²) in [5.41, 5.74) is 1.44. The second-order valence-corrected chi connectivity index (χ2v) is 4.89. The number of ether oxygens (including phenoxy) is 1. The molecule has 0 spiro atoms. The quantitative estimate of drug-likeness (QED) is 0.723. The van der Waals surface area contributed by atoms with Gasteiger partial charge in [0.15, 0.2) is 0 Å². The first kappa shape index (κ1) is 11.7. The molecule has 0 unspecified atom stereocenters. The summed E-state index contributed by atoms with van der Waals surface area (Å²) < 4.78 is 5.80. The van der Waals surface area contributed by atoms with Crippen LogP contribution < -0.4 is 0 Å². The van der Waals surface area contributed by atoms with Crippen molar-refractivity contribution < 1.29 is 4.74 Å². The van der Waals surface area contributed by atoms with E-state index in [9.17, 15) is 0 Å². The molecule has 0 bridgehead atoms. The van der Waals surface area contributed by atoms with Gasteiger partial charge in [0.2, 0.25) is 0 Å². The van der Waals surface area contributed by atoms with Crippen molar-refractivity contribution >= 4 is 0 Å². The highest BCUT2D eigenvalue weighted by atomic mass is 16.5. The summed E-state index contributed by atoms with van der Waals surface area (Å²) in [6.07, 6.45) is 10.9. The highest BCUT2D eigenvalue weighted by molar-refractivity contribution is 5.21. The number of piperidine rings is 1. The monoisotopic (exact) mass is 221 g/mol. The van der Waals surface area contributed by atoms with Gasteiger partial charge in [-0.1, -0.05) is 12.0 Å². The number of rotatable bonds is 4. The first-order valence-electron chi connectivity index (χ1n) is 6.57. The van der Waals surface area contributed by atoms with E-state index in [2.05, 4.69) is 24.0 Å². The van der Waals surface area contributed by atoms with Gasteiger partial charge in [0.05, 0.1) is 0 Å². The molecule has 0 radical (unpaired) electrons. The second kappa shape index (κ2) is 6.09. The molecule has 0 aromatic heterocycles. The topological polar surface area (TPSA) is 12.5 Å². The molecule has 2 aliphatic rings. The normalized spacial score (nSPS) is 22.6. The van der Waals surface area contributed by atoms with Crippen LogP contribution in [0.5, 0.6) is 0 Å². The van der Waals surface area contributed by atoms with Crippen LogP contribution in [0, 0.1) is 0 Å². The van der Waals surface area contributed by atoms with Crippen LogP contribution in [-0.4, -0.2) is 31.1 Å². The van der Waals surface area contributed by atoms with Crippen molar-refractivity contribution in [2.45, 2.75) is 39.0 Å². The number of nitrogens with zero attached hydrogens (tertiary/aromatic N) is 1. The summed E-state index contributed by atoms with van der Waals surface area (Å²) in [6.45, 7) is 6.63. The van der Waals surface area contributed by atoms with E-state index in [1.54, 1.807) is 0 Å². The van der Waals surface area contributed by atoms with E-state index in [-0.39, 0.29) is 0 Å². The van der Waals surface area contributed by atoms with E-state index < -0.39 is 0 Å². The molecule has 0 aromatic rings. The highest BCUT2D eigenvalue weighted by Gasteiger charge is 2.10. The van der Waals surface area contributed by atoms with Crippen molar-refractivity contribution in [2.24, 2.45) is 0 Å². The predicted molar refractivity (Wildman–Crippen MR) is 67.3 cm³/mol. The van der Waals surface area contributed by atoms with E-state index in [1.165, 1.54) is 44.3 Å². The Morgan fingerprint density at radius 1 is 1.25 bits per heavy atom. The molecule has 16 heavy (non-hydrogen) atoms. The summed E-state index contributed by atoms with van der Waals surface area (Å²) >= 11 is 0. The summed E-state index contributed by atoms with van der Waals surface area (Å²) in [6, 6.07) is 0. The highest BCUT2D eigenvalue weighted by Crippen LogP contribution is 2.17. The van der Waals surface area contributed by atoms with Crippen LogP contribution in [0.15, 0.2) is 23.5 Å². The first-order valence-corrected chi connectivity index (χ1v) is 6.57. The lowest BCUT2D eigenvalue weighted by atomic mass is 10.1. The summed E-state index contributed by atoms with van der Waals surface area (Å²) in [4.78, 5) is 2.52. The van der Waals surface area contributed by atoms with Gasteiger partial charge in [0, 0.05) is 6.54 Å². The molecule has 1 fully saturated rings. The maximum absolute atomic E-state index is 5.80. The smallest absolute Gasteiger partial charge is 0.115 e. The van der Waals surface area contributed by atoms with Crippen molar-refractivity contribution in [3.63, 3.8) is 0 Å². The third-order valence-corrected chi connectivity index (χ3v) is 3.40. The van der Waals surface area contributed by atoms with Gasteiger partial charge in [-0.3, -0.25) is 4.90 Å². The lowest BCUT2D eigenvalue weighted by molar-refractivity contribution is 0.147. The molecular formula is C14H23NO. The lowest BCUT2D eigenvalue weighted by Gasteiger charge is -2.26. The molecular weight excluding hydrogens is 198 g/mol. The van der Waals surface area contributed by atoms with Crippen molar-refractivity contribution in [1.29, 1.82) is 0 Å². The molecule has 0 amide bonds. The fourth-order valence-electron chi connectivity index (χ4n) is 2.39. The van der Waals surface area contributed by atoms with E-state index >= 15 is 0 Å². The Hall–Kier alpha value is -0.760. The second-order valence-electron chi connectivity index (χ2n) is 4.89. The average Bonchev–Trinajstić information content (AvgIpc) is 2.30. The minimum atomic E-state index is 0.843. The standard InChI is InChI=1S/C14H23NO/c1-13-6-5-7-14(12-13)16-11-10-15-8-3-2-4-9-15/h7,12H,2-6,8-11H2,1H3. The third kappa shape index (κ3) is 3.67. The molecule has 1 aliphatic heterocycles. The van der Waals surface area contributed by atoms with Crippen molar-refractivity contribution in [3.05, 3.63) is 23.5 Å². The van der Waals surface area contributed by atoms with Crippen LogP contribution in [0.1, 0.15) is 39.0 Å². The van der Waals surface area contributed by atoms with Crippen molar-refractivity contribution in [3.8, 4) is 0 Å². The van der Waals surface area contributed by atoms with Gasteiger partial charge in [-0.2, -0.15) is 0 Å². The Balaban J connectivity index is 1.65. The Kier molecular flexibility index (Phi) is 4.46. The van der Waals surface area contributed by atoms with Crippen molar-refractivity contribution in [2.75, 3.05) is 26.2 Å². The SMILES string of the molecule is CC1=CC(OCCN2CCCCC2)=CCC1. The third-order valence-electron chi connectivity index (χ3n) is 3.40. The lowest BCUT2D eigenvalue weighted by Crippen LogP contribution is -2.32. The van der Waals surface area contributed by atoms with Crippen LogP contribution in [0.2, 0.25) is 0 Å². The zero-order chi connectivity index (χ0) is 11.2. The fraction of sp³-hybridized carbons (Fsp3) is 0.714. The Labute approximate surface area is 99.0 Å². The zero-order valence-electron chi connectivity index (χ0n) is 10.4. The fourth-order valence-corrected chi connectivity index (χ4v) is 2.39. The van der Waals surface area contributed by atoms with E-state index in [0.717, 1.165) is 25.3 Å². The molecule has 1 saturated heterocycles. The Morgan fingerprint density at radius 2 is 2.06 bits per heavy atom. The maximum Gasteiger partial charge on any atom is 0.115 e. The largest absolute Gasteiger partial charge is 0.493 e. The molecule has 0 aromatic carbocycles. The predicted octanol–water partition coefficient (Wildman–Crippen LogP) is 3.11. The molecule has 1 heterocycles. The minimum Gasteiger partial charge on any atom is -0.493 e. The maximum atomic E-state index is 5.80. The number of likely N-dealkylation sites (tertiary alicyclic amines) is 1. The minimum absolute atomic E-state index is 0.843. The van der Waals surface area contributed by atoms with E-state index in [0.29, 0.717) is 0 Å². The summed E-state index contributed by atoms with van der Waals surface area (Å²) in [5.74, 6) is 1.08. The van der Waals surface area contributed by atoms with Gasteiger partial charge >= 0.3 is 0 Å². The van der Waals surface area contributed by atoms with Gasteiger partial charge in [0.1, 0.15) is 12.4 Å². The molecule has 0 N–H and O–H groups in total. The summed E-state index contributed by atoms with van der Waals surface area (Å²) in [5, 5.41) is 0. The van der Waals surface area contributed by atoms with Gasteiger partial charge < -0.3 is 4.74 Å². The van der Waals surface area contributed by atoms with Gasteiger partial charge in [-0.15, -0.1) is 0 Å². The summed E-state index contributed by atoms with van der Waals surface area (Å²) in [7, 11) is 0. The molecule has 0 saturated carbocycles. The Morgan fingerprint density at radius 3 is 2.81 bits per heavy atom. The van der Waals surface area contributed by atoms with Crippen LogP contribution in [0.4, 0.5) is 0 Å². The zero-order valence-corrected chi connectivity index (χ0v) is 10.4. The molecule has 90 valence electrons. The number of hydrogen-bond donors (Lipinski definition) is 0. The average molecular weight is 221 g/mol. The number of allylic oxidation sites excluding steroid dienone is 3. The molecule has 2 heteroatoms. The van der Waals surface area contributed by atoms with E-state index in [1.807, 2.05) is 0 Å². The van der Waals surface area contributed by atoms with Crippen LogP contribution in [0.3, 0.4) is 0 Å². The molecule has 2 rings (SSSR count). The van der Waals surface area contributed by atoms with Crippen molar-refractivity contribution in [1.82, 2.24) is 4.90 Å². The van der Waals surface area contributed by atoms with Gasteiger partial charge in [0.25, 0.3) is 0 Å². The van der Waals surface area contributed by atoms with Gasteiger partial charge in [-0.05, 0) is 57.8 Å². The van der Waals surface area contributed by atoms with Crippen LogP contribution >= 0.6 is 0 Å². The molecule has 0 atom stereocenters. The van der Waals surface area contributed by atoms with Crippen LogP contribution in [0.25, 0.3) is 0 Å². The molecule has 1 aliphatic carbocycles. The van der Waals surface area contributed by atoms with Crippen LogP contribution in [-0.2, 0) is 4.74 Å².